The predicted octanol–water partition coefficient (Wildman–Crippen LogP) is 17.0. The molecule has 0 N–H and O–H groups in total. The van der Waals surface area contributed by atoms with Crippen molar-refractivity contribution in [1.82, 2.24) is 14.1 Å². The van der Waals surface area contributed by atoms with Gasteiger partial charge >= 0.3 is 0 Å². The second kappa shape index (κ2) is 32.2. The standard InChI is InChI=1S/C109H78N4OSi3.Pt/c1-80-72-108(110-78-102(80)81-38-12-2-13-39-81)113-103-66-33-32-64-100(103)101-70-69-87(77-105(101)113)114-86-43-36-42-85(76-86)111-79-112(104-71-68-83(75-106(104)111)82-40-34-62-97(73-82)115(88-44-14-3-15-45-88,89-46-16-4-17-47-89)90-48-18-5-19-49-90)109-99(65-37-67-107(109)117(94-56-26-9-27-57-94,95-58-28-10-29-59-95)96-60-30-11-31-61-96)84-41-35-63-98(74-84)116(91-50-20-6-21-51-91,92-52-22-7-23-53-92)93-54-24-8-25-55-93;/h2-75,78H,1H3;/q-2;/i1D3,2D,3D,4D,5D,6D,7D,8D,9D,10D,11D,12D,13D,14D,15D,16D,17D,18D,19D,20D,21D,22D,23D,24D,25D,26D,27D,28D,29D,30D,31D,34D,35D,38D,39D,40D,41D,44D,45D,46D,47D,48D,49D,50D,51D,52D,53D,54D,55D,56D,57D,58D,59D,60D,61D,62D,63D,73D,74D;. The van der Waals surface area contributed by atoms with Crippen LogP contribution in [0, 0.1) is 25.3 Å². The Balaban J connectivity index is 0.0000194. The van der Waals surface area contributed by atoms with Crippen molar-refractivity contribution >= 4 is 119 Å². The number of fused-ring (bicyclic) bond motifs is 4. The van der Waals surface area contributed by atoms with Gasteiger partial charge in [-0.1, -0.05) is 405 Å². The summed E-state index contributed by atoms with van der Waals surface area (Å²) in [6.45, 7) is -3.16. The van der Waals surface area contributed by atoms with Gasteiger partial charge in [-0.05, 0) is 132 Å². The van der Waals surface area contributed by atoms with Gasteiger partial charge in [-0.2, -0.15) is 18.2 Å². The van der Waals surface area contributed by atoms with E-state index in [0.717, 1.165) is 57.8 Å². The van der Waals surface area contributed by atoms with Crippen LogP contribution in [0.25, 0.3) is 83.4 Å². The summed E-state index contributed by atoms with van der Waals surface area (Å²) >= 11 is 0. The van der Waals surface area contributed by atoms with Crippen LogP contribution in [0.15, 0.2) is 454 Å². The van der Waals surface area contributed by atoms with E-state index in [4.69, 9.17) is 23.9 Å². The van der Waals surface area contributed by atoms with Crippen LogP contribution in [0.5, 0.6) is 11.5 Å². The van der Waals surface area contributed by atoms with Gasteiger partial charge in [-0.15, -0.1) is 29.7 Å². The first-order chi connectivity index (χ1) is 83.2. The third-order valence-electron chi connectivity index (χ3n) is 19.4. The molecular formula is C109H78N4OPtSi3-2. The van der Waals surface area contributed by atoms with Crippen molar-refractivity contribution in [1.29, 1.82) is 0 Å². The van der Waals surface area contributed by atoms with E-state index >= 15 is 0 Å². The molecule has 0 radical (unpaired) electrons. The molecule has 0 amide bonds. The molecule has 0 aliphatic heterocycles. The first kappa shape index (κ1) is 33.1. The van der Waals surface area contributed by atoms with Crippen LogP contribution < -0.4 is 71.5 Å². The Kier molecular flexibility index (Phi) is 9.03. The van der Waals surface area contributed by atoms with Crippen LogP contribution in [0.4, 0.5) is 0 Å². The predicted molar refractivity (Wildman–Crippen MR) is 492 cm³/mol. The van der Waals surface area contributed by atoms with Crippen molar-refractivity contribution < 1.29 is 114 Å². The normalized spacial score (nSPS) is 19.1. The fraction of sp³-hybridized carbons (Fsp3) is 0.00917. The van der Waals surface area contributed by atoms with Gasteiger partial charge in [0.05, 0.1) is 96.2 Å². The van der Waals surface area contributed by atoms with Crippen LogP contribution in [-0.4, -0.2) is 38.3 Å². The molecule has 0 saturated heterocycles. The minimum absolute atomic E-state index is 0. The summed E-state index contributed by atoms with van der Waals surface area (Å²) in [7, 11) is -21.2. The van der Waals surface area contributed by atoms with Gasteiger partial charge in [0.15, 0.2) is 24.2 Å². The van der Waals surface area contributed by atoms with Crippen LogP contribution in [0.1, 0.15) is 89.2 Å². The Morgan fingerprint density at radius 1 is 0.356 bits per heavy atom. The van der Waals surface area contributed by atoms with E-state index in [1.165, 1.54) is 34.9 Å². The van der Waals surface area contributed by atoms with E-state index in [1.54, 1.807) is 24.3 Å². The number of rotatable bonds is 20. The third-order valence-corrected chi connectivity index (χ3v) is 31.6. The number of benzene rings is 17. The van der Waals surface area contributed by atoms with Gasteiger partial charge in [0.2, 0.25) is 0 Å². The summed E-state index contributed by atoms with van der Waals surface area (Å²) in [6, 6.07) is -55.0. The maximum absolute atomic E-state index is 11.7. The Labute approximate surface area is 792 Å². The van der Waals surface area contributed by atoms with Gasteiger partial charge < -0.3 is 13.9 Å². The molecule has 0 atom stereocenters. The molecule has 0 aliphatic carbocycles. The van der Waals surface area contributed by atoms with E-state index in [2.05, 4.69) is 23.4 Å². The van der Waals surface area contributed by atoms with Crippen molar-refractivity contribution in [2.45, 2.75) is 6.85 Å². The molecule has 0 fully saturated rings. The second-order valence-corrected chi connectivity index (χ2v) is 36.0. The molecule has 17 aromatic carbocycles. The second-order valence-electron chi connectivity index (χ2n) is 25.5. The topological polar surface area (TPSA) is 35.9 Å². The number of aromatic nitrogens is 4. The SMILES string of the molecule is [2H]c1c([2H])c([2H])c(-c2cnc(-n3c4[c-]c(Oc5[c-]c(-n6[c-][n+](-c7c(-c8c([2H])c([2H])c([2H])c([Si](c9c([2H])c([2H])c([2H])c([2H])c9[2H])(c9c([2H])c([2H])c([2H])c([2H])c9[2H])c9c([2H])c([2H])c([2H])c([2H])c9[2H])c8[2H])cccc7[Si](c7c([2H])c([2H])c([2H])c([2H])c7[2H])(c7c([2H])c([2H])c([2H])c([2H])c7[2H])c7c([2H])c([2H])c([2H])c([2H])c7[2H])c7ccc(-c8c([2H])c([2H])c([2H])c([Si](c9c([2H])c([2H])c([2H])c([2H])c9[2H])(c9c([2H])c([2H])c([2H])c([2H])c9[2H])c9c([2H])c([2H])c([2H])c([2H])c9[2H])c8[2H])cc76)ccc5)ccc4c4ccccc43)cc2C([2H])([2H])[2H])c([2H])c1[2H].[Pt]. The van der Waals surface area contributed by atoms with Crippen molar-refractivity contribution in [3.8, 4) is 62.1 Å². The van der Waals surface area contributed by atoms with Crippen LogP contribution in [-0.2, 0) is 21.1 Å². The Hall–Kier alpha value is -13.7. The van der Waals surface area contributed by atoms with E-state index in [0.29, 0.717) is 10.8 Å². The van der Waals surface area contributed by atoms with Crippen molar-refractivity contribution in [3.05, 3.63) is 478 Å². The average molecular weight is 1800 g/mol. The number of aryl methyl sites for hydroxylation is 1. The number of hydrogen-bond donors (Lipinski definition) is 0. The molecule has 5 nitrogen and oxygen atoms in total. The smallest absolute Gasteiger partial charge is 0.268 e. The molecule has 0 bridgehead atoms. The number of imidazole rings is 1. The zero-order valence-corrected chi connectivity index (χ0v) is 65.1. The molecule has 9 heteroatoms. The molecule has 0 aliphatic rings. The number of pyridine rings is 1. The largest absolute Gasteiger partial charge is 0.510 e. The Morgan fingerprint density at radius 3 is 1.31 bits per heavy atom. The van der Waals surface area contributed by atoms with E-state index in [9.17, 15) is 64.4 Å². The van der Waals surface area contributed by atoms with Crippen LogP contribution in [0.3, 0.4) is 0 Å². The quantitative estimate of drug-likeness (QED) is 0.0330. The van der Waals surface area contributed by atoms with Gasteiger partial charge in [0, 0.05) is 54.0 Å². The summed E-state index contributed by atoms with van der Waals surface area (Å²) in [5.41, 5.74) is -8.77. The third kappa shape index (κ3) is 13.0. The molecule has 118 heavy (non-hydrogen) atoms. The molecule has 0 saturated carbocycles. The summed E-state index contributed by atoms with van der Waals surface area (Å²) in [4.78, 5) is 4.66. The molecule has 564 valence electrons. The van der Waals surface area contributed by atoms with Gasteiger partial charge in [0.1, 0.15) is 5.82 Å². The zero-order chi connectivity index (χ0) is 131. The first-order valence-corrected chi connectivity index (χ1v) is 41.0. The van der Waals surface area contributed by atoms with Crippen molar-refractivity contribution in [3.63, 3.8) is 0 Å². The summed E-state index contributed by atoms with van der Waals surface area (Å²) in [6.07, 6.45) is 4.08. The number of hydrogen-bond acceptors (Lipinski definition) is 2. The van der Waals surface area contributed by atoms with Gasteiger partial charge in [0.25, 0.3) is 6.33 Å². The van der Waals surface area contributed by atoms with Crippen LogP contribution >= 0.6 is 0 Å². The molecule has 20 rings (SSSR count). The summed E-state index contributed by atoms with van der Waals surface area (Å²) in [5.74, 6) is -0.991. The van der Waals surface area contributed by atoms with Gasteiger partial charge in [-0.3, -0.25) is 4.57 Å². The fourth-order valence-electron chi connectivity index (χ4n) is 14.5. The zero-order valence-electron chi connectivity index (χ0n) is 121. The Bertz CT molecular complexity index is 10100. The molecule has 3 aromatic heterocycles. The minimum atomic E-state index is -7.17. The van der Waals surface area contributed by atoms with Crippen molar-refractivity contribution in [2.75, 3.05) is 0 Å². The Morgan fingerprint density at radius 2 is 0.797 bits per heavy atom. The number of para-hydroxylation sites is 2. The fourth-order valence-corrected chi connectivity index (χ4v) is 25.7. The van der Waals surface area contributed by atoms with Crippen molar-refractivity contribution in [2.24, 2.45) is 0 Å². The average Bonchev–Trinajstić information content (AvgIpc) is 1.65. The number of nitrogens with zero attached hydrogens (tertiary/aromatic N) is 4. The molecular weight excluding hydrogens is 1660 g/mol. The maximum atomic E-state index is 11.7. The number of ether oxygens (including phenoxy) is 1. The monoisotopic (exact) mass is 1800 g/mol. The molecule has 0 spiro atoms. The van der Waals surface area contributed by atoms with E-state index < -0.39 is 511 Å². The molecule has 0 unspecified atom stereocenters. The maximum Gasteiger partial charge on any atom is 0.268 e. The summed E-state index contributed by atoms with van der Waals surface area (Å²) in [5, 5.41) is -15.7. The van der Waals surface area contributed by atoms with Gasteiger partial charge in [-0.25, -0.2) is 4.98 Å². The summed E-state index contributed by atoms with van der Waals surface area (Å²) < 4.78 is 605. The van der Waals surface area contributed by atoms with E-state index in [-0.39, 0.29) is 43.7 Å². The molecule has 20 aromatic rings. The first-order valence-electron chi connectivity index (χ1n) is 65.5. The van der Waals surface area contributed by atoms with Crippen LogP contribution in [0.2, 0.25) is 0 Å². The van der Waals surface area contributed by atoms with E-state index in [1.807, 2.05) is 0 Å². The molecule has 3 heterocycles. The minimum Gasteiger partial charge on any atom is -0.510 e.